The van der Waals surface area contributed by atoms with Gasteiger partial charge in [0.2, 0.25) is 5.91 Å². The van der Waals surface area contributed by atoms with E-state index in [-0.39, 0.29) is 23.5 Å². The van der Waals surface area contributed by atoms with Crippen LogP contribution in [0.1, 0.15) is 39.2 Å². The van der Waals surface area contributed by atoms with Crippen molar-refractivity contribution < 1.29 is 14.7 Å². The van der Waals surface area contributed by atoms with Gasteiger partial charge in [-0.1, -0.05) is 42.5 Å². The van der Waals surface area contributed by atoms with Gasteiger partial charge in [-0.2, -0.15) is 0 Å². The lowest BCUT2D eigenvalue weighted by atomic mass is 9.95. The SMILES string of the molecule is O=C(NCCc1cccs1)C1CCN(C(=O)c2cc(Cc3ccccc3)ccc2O)CC1. The molecule has 4 rings (SSSR count). The molecule has 0 atom stereocenters. The first kappa shape index (κ1) is 22.1. The highest BCUT2D eigenvalue weighted by molar-refractivity contribution is 7.09. The number of nitrogens with one attached hydrogen (secondary N) is 1. The first-order chi connectivity index (χ1) is 15.6. The van der Waals surface area contributed by atoms with Crippen molar-refractivity contribution in [1.29, 1.82) is 0 Å². The third kappa shape index (κ3) is 5.56. The van der Waals surface area contributed by atoms with Crippen LogP contribution in [0.4, 0.5) is 0 Å². The smallest absolute Gasteiger partial charge is 0.257 e. The molecule has 2 heterocycles. The Kier molecular flexibility index (Phi) is 7.22. The maximum atomic E-state index is 13.1. The average molecular weight is 449 g/mol. The fourth-order valence-corrected chi connectivity index (χ4v) is 4.83. The van der Waals surface area contributed by atoms with Crippen molar-refractivity contribution in [2.45, 2.75) is 25.7 Å². The molecule has 2 amide bonds. The van der Waals surface area contributed by atoms with Crippen molar-refractivity contribution in [1.82, 2.24) is 10.2 Å². The summed E-state index contributed by atoms with van der Waals surface area (Å²) >= 11 is 1.70. The lowest BCUT2D eigenvalue weighted by Gasteiger charge is -2.31. The molecule has 0 saturated carbocycles. The van der Waals surface area contributed by atoms with Gasteiger partial charge in [-0.15, -0.1) is 11.3 Å². The summed E-state index contributed by atoms with van der Waals surface area (Å²) in [7, 11) is 0. The molecule has 0 spiro atoms. The number of hydrogen-bond donors (Lipinski definition) is 2. The van der Waals surface area contributed by atoms with Crippen LogP contribution in [0, 0.1) is 5.92 Å². The molecule has 1 saturated heterocycles. The number of phenols is 1. The van der Waals surface area contributed by atoms with Gasteiger partial charge in [-0.25, -0.2) is 0 Å². The molecule has 3 aromatic rings. The van der Waals surface area contributed by atoms with Crippen LogP contribution in [0.3, 0.4) is 0 Å². The molecule has 1 aromatic heterocycles. The van der Waals surface area contributed by atoms with Crippen LogP contribution in [0.25, 0.3) is 0 Å². The molecule has 5 nitrogen and oxygen atoms in total. The third-order valence-corrected chi connectivity index (χ3v) is 6.88. The number of rotatable bonds is 7. The van der Waals surface area contributed by atoms with E-state index in [0.29, 0.717) is 44.5 Å². The van der Waals surface area contributed by atoms with Gasteiger partial charge in [0.05, 0.1) is 5.56 Å². The number of phenolic OH excluding ortho intramolecular Hbond substituents is 1. The molecule has 6 heteroatoms. The van der Waals surface area contributed by atoms with Crippen molar-refractivity contribution in [3.05, 3.63) is 87.6 Å². The molecular formula is C26H28N2O3S. The molecule has 0 aliphatic carbocycles. The summed E-state index contributed by atoms with van der Waals surface area (Å²) in [6.45, 7) is 1.68. The van der Waals surface area contributed by atoms with Gasteiger partial charge >= 0.3 is 0 Å². The minimum absolute atomic E-state index is 0.000236. The molecule has 0 radical (unpaired) electrons. The Labute approximate surface area is 192 Å². The standard InChI is InChI=1S/C26H28N2O3S/c29-24-9-8-20(17-19-5-2-1-3-6-19)18-23(24)26(31)28-14-11-21(12-15-28)25(30)27-13-10-22-7-4-16-32-22/h1-9,16,18,21,29H,10-15,17H2,(H,27,30). The van der Waals surface area contributed by atoms with E-state index in [1.807, 2.05) is 47.8 Å². The van der Waals surface area contributed by atoms with Gasteiger partial charge in [-0.3, -0.25) is 9.59 Å². The number of piperidine rings is 1. The highest BCUT2D eigenvalue weighted by atomic mass is 32.1. The largest absolute Gasteiger partial charge is 0.507 e. The zero-order chi connectivity index (χ0) is 22.3. The van der Waals surface area contributed by atoms with Crippen molar-refractivity contribution in [2.75, 3.05) is 19.6 Å². The Bertz CT molecular complexity index is 1040. The number of carbonyl (C=O) groups excluding carboxylic acids is 2. The van der Waals surface area contributed by atoms with E-state index >= 15 is 0 Å². The van der Waals surface area contributed by atoms with Crippen LogP contribution in [-0.2, 0) is 17.6 Å². The van der Waals surface area contributed by atoms with E-state index < -0.39 is 0 Å². The molecule has 0 bridgehead atoms. The molecule has 1 aliphatic rings. The predicted octanol–water partition coefficient (Wildman–Crippen LogP) is 4.26. The molecule has 1 aliphatic heterocycles. The van der Waals surface area contributed by atoms with Crippen LogP contribution in [0.5, 0.6) is 5.75 Å². The minimum atomic E-state index is -0.172. The maximum Gasteiger partial charge on any atom is 0.257 e. The second kappa shape index (κ2) is 10.5. The van der Waals surface area contributed by atoms with E-state index in [0.717, 1.165) is 17.5 Å². The van der Waals surface area contributed by atoms with Gasteiger partial charge in [0.15, 0.2) is 0 Å². The van der Waals surface area contributed by atoms with Crippen LogP contribution < -0.4 is 5.32 Å². The van der Waals surface area contributed by atoms with E-state index in [4.69, 9.17) is 0 Å². The Morgan fingerprint density at radius 2 is 1.78 bits per heavy atom. The average Bonchev–Trinajstić information content (AvgIpc) is 3.34. The summed E-state index contributed by atoms with van der Waals surface area (Å²) in [5, 5.41) is 15.4. The van der Waals surface area contributed by atoms with Crippen molar-refractivity contribution in [3.63, 3.8) is 0 Å². The van der Waals surface area contributed by atoms with E-state index in [9.17, 15) is 14.7 Å². The monoisotopic (exact) mass is 448 g/mol. The highest BCUT2D eigenvalue weighted by Crippen LogP contribution is 2.25. The Morgan fingerprint density at radius 3 is 2.50 bits per heavy atom. The number of thiophene rings is 1. The van der Waals surface area contributed by atoms with E-state index in [1.165, 1.54) is 4.88 Å². The maximum absolute atomic E-state index is 13.1. The van der Waals surface area contributed by atoms with Gasteiger partial charge in [0.1, 0.15) is 5.75 Å². The molecule has 32 heavy (non-hydrogen) atoms. The lowest BCUT2D eigenvalue weighted by Crippen LogP contribution is -2.43. The van der Waals surface area contributed by atoms with Crippen LogP contribution >= 0.6 is 11.3 Å². The lowest BCUT2D eigenvalue weighted by molar-refractivity contribution is -0.126. The summed E-state index contributed by atoms with van der Waals surface area (Å²) in [5.74, 6) is -0.170. The Hall–Kier alpha value is -3.12. The second-order valence-electron chi connectivity index (χ2n) is 8.20. The van der Waals surface area contributed by atoms with E-state index in [1.54, 1.807) is 28.4 Å². The van der Waals surface area contributed by atoms with Crippen LogP contribution in [-0.4, -0.2) is 41.5 Å². The van der Waals surface area contributed by atoms with Crippen molar-refractivity contribution >= 4 is 23.2 Å². The Morgan fingerprint density at radius 1 is 1.00 bits per heavy atom. The summed E-state index contributed by atoms with van der Waals surface area (Å²) in [4.78, 5) is 28.6. The Balaban J connectivity index is 1.31. The van der Waals surface area contributed by atoms with Crippen molar-refractivity contribution in [3.8, 4) is 5.75 Å². The third-order valence-electron chi connectivity index (χ3n) is 5.95. The molecule has 0 unspecified atom stereocenters. The normalized spacial score (nSPS) is 14.3. The highest BCUT2D eigenvalue weighted by Gasteiger charge is 2.28. The summed E-state index contributed by atoms with van der Waals surface area (Å²) in [5.41, 5.74) is 2.47. The quantitative estimate of drug-likeness (QED) is 0.568. The van der Waals surface area contributed by atoms with Crippen LogP contribution in [0.15, 0.2) is 66.0 Å². The van der Waals surface area contributed by atoms with Gasteiger partial charge < -0.3 is 15.3 Å². The van der Waals surface area contributed by atoms with Gasteiger partial charge in [0.25, 0.3) is 5.91 Å². The molecule has 2 aromatic carbocycles. The summed E-state index contributed by atoms with van der Waals surface area (Å²) < 4.78 is 0. The molecule has 2 N–H and O–H groups in total. The number of amides is 2. The molecule has 166 valence electrons. The first-order valence-corrected chi connectivity index (χ1v) is 11.9. The van der Waals surface area contributed by atoms with Crippen LogP contribution in [0.2, 0.25) is 0 Å². The molecular weight excluding hydrogens is 420 g/mol. The number of likely N-dealkylation sites (tertiary alicyclic amines) is 1. The molecule has 1 fully saturated rings. The topological polar surface area (TPSA) is 69.6 Å². The van der Waals surface area contributed by atoms with Gasteiger partial charge in [0, 0.05) is 30.4 Å². The summed E-state index contributed by atoms with van der Waals surface area (Å²) in [6.07, 6.45) is 2.83. The fraction of sp³-hybridized carbons (Fsp3) is 0.308. The fourth-order valence-electron chi connectivity index (χ4n) is 4.12. The zero-order valence-electron chi connectivity index (χ0n) is 18.0. The number of benzene rings is 2. The predicted molar refractivity (Wildman–Crippen MR) is 127 cm³/mol. The first-order valence-electron chi connectivity index (χ1n) is 11.1. The number of carbonyl (C=O) groups is 2. The van der Waals surface area contributed by atoms with Crippen molar-refractivity contribution in [2.24, 2.45) is 5.92 Å². The summed E-state index contributed by atoms with van der Waals surface area (Å²) in [6, 6.07) is 19.4. The number of aromatic hydroxyl groups is 1. The van der Waals surface area contributed by atoms with E-state index in [2.05, 4.69) is 11.4 Å². The zero-order valence-corrected chi connectivity index (χ0v) is 18.8. The second-order valence-corrected chi connectivity index (χ2v) is 9.23. The number of hydrogen-bond acceptors (Lipinski definition) is 4. The number of nitrogens with zero attached hydrogens (tertiary/aromatic N) is 1. The minimum Gasteiger partial charge on any atom is -0.507 e. The van der Waals surface area contributed by atoms with Gasteiger partial charge in [-0.05, 0) is 60.4 Å².